The van der Waals surface area contributed by atoms with Gasteiger partial charge >= 0.3 is 12.0 Å². The van der Waals surface area contributed by atoms with Gasteiger partial charge in [-0.1, -0.05) is 54.6 Å². The van der Waals surface area contributed by atoms with Crippen LogP contribution in [0.4, 0.5) is 4.79 Å². The molecule has 2 aromatic rings. The van der Waals surface area contributed by atoms with Crippen LogP contribution in [-0.2, 0) is 19.8 Å². The van der Waals surface area contributed by atoms with Gasteiger partial charge in [-0.15, -0.1) is 0 Å². The number of hydrogen-bond acceptors (Lipinski definition) is 4. The molecule has 0 spiro atoms. The summed E-state index contributed by atoms with van der Waals surface area (Å²) >= 11 is 0. The first-order valence-electron chi connectivity index (χ1n) is 7.93. The van der Waals surface area contributed by atoms with Gasteiger partial charge in [0.1, 0.15) is 17.7 Å². The number of amides is 3. The van der Waals surface area contributed by atoms with Crippen LogP contribution in [0, 0.1) is 0 Å². The molecule has 7 nitrogen and oxygen atoms in total. The molecule has 2 unspecified atom stereocenters. The Morgan fingerprint density at radius 3 is 2.15 bits per heavy atom. The third-order valence-electron chi connectivity index (χ3n) is 4.56. The average molecular weight is 352 g/mol. The highest BCUT2D eigenvalue weighted by molar-refractivity contribution is 6.08. The second kappa shape index (κ2) is 6.79. The number of carboxylic acids is 1. The lowest BCUT2D eigenvalue weighted by Gasteiger charge is -2.32. The fourth-order valence-corrected chi connectivity index (χ4v) is 3.22. The van der Waals surface area contributed by atoms with E-state index in [1.54, 1.807) is 24.3 Å². The van der Waals surface area contributed by atoms with E-state index in [4.69, 9.17) is 0 Å². The normalized spacial score (nSPS) is 18.5. The summed E-state index contributed by atoms with van der Waals surface area (Å²) in [5.41, 5.74) is 0.189. The van der Waals surface area contributed by atoms with E-state index in [-0.39, 0.29) is 5.56 Å². The van der Waals surface area contributed by atoms with Crippen LogP contribution in [0.25, 0.3) is 11.1 Å². The second-order valence-corrected chi connectivity index (χ2v) is 5.99. The zero-order valence-corrected chi connectivity index (χ0v) is 13.6. The lowest BCUT2D eigenvalue weighted by molar-refractivity contribution is -0.148. The van der Waals surface area contributed by atoms with E-state index in [1.165, 1.54) is 0 Å². The molecule has 1 aliphatic rings. The van der Waals surface area contributed by atoms with Crippen molar-refractivity contribution in [2.45, 2.75) is 17.9 Å². The van der Waals surface area contributed by atoms with Crippen LogP contribution in [-0.4, -0.2) is 35.3 Å². The Morgan fingerprint density at radius 1 is 1.04 bits per heavy atom. The Balaban J connectivity index is 2.07. The number of carboxylic acid groups (broad SMARTS) is 1. The fourth-order valence-electron chi connectivity index (χ4n) is 3.22. The smallest absolute Gasteiger partial charge is 0.322 e. The highest BCUT2D eigenvalue weighted by atomic mass is 16.4. The highest BCUT2D eigenvalue weighted by Gasteiger charge is 2.54. The largest absolute Gasteiger partial charge is 0.480 e. The Bertz CT molecular complexity index is 863. The number of carbonyl (C=O) groups excluding carboxylic acids is 3. The van der Waals surface area contributed by atoms with Gasteiger partial charge in [-0.3, -0.25) is 14.9 Å². The summed E-state index contributed by atoms with van der Waals surface area (Å²) in [5, 5.41) is 14.2. The standard InChI is InChI=1S/C19H16N2O5/c22-11-10-19(17(24)25,15-16(23)21-18(26)20-15)14-8-6-13(7-9-14)12-4-2-1-3-5-12/h1-9,11,15H,10H2,(H,24,25)(H2,20,21,23,26). The van der Waals surface area contributed by atoms with Crippen molar-refractivity contribution in [3.8, 4) is 11.1 Å². The van der Waals surface area contributed by atoms with Gasteiger partial charge in [-0.05, 0) is 16.7 Å². The Morgan fingerprint density at radius 2 is 1.65 bits per heavy atom. The fraction of sp³-hybridized carbons (Fsp3) is 0.158. The molecule has 0 bridgehead atoms. The van der Waals surface area contributed by atoms with Crippen molar-refractivity contribution in [1.82, 2.24) is 10.6 Å². The van der Waals surface area contributed by atoms with Crippen LogP contribution < -0.4 is 10.6 Å². The first-order valence-corrected chi connectivity index (χ1v) is 7.93. The van der Waals surface area contributed by atoms with Crippen LogP contribution in [0.1, 0.15) is 12.0 Å². The molecule has 3 amide bonds. The summed E-state index contributed by atoms with van der Waals surface area (Å²) in [7, 11) is 0. The van der Waals surface area contributed by atoms with Crippen LogP contribution in [0.2, 0.25) is 0 Å². The lowest BCUT2D eigenvalue weighted by Crippen LogP contribution is -2.55. The molecule has 0 aromatic heterocycles. The van der Waals surface area contributed by atoms with Crippen molar-refractivity contribution in [2.24, 2.45) is 0 Å². The number of carbonyl (C=O) groups is 4. The van der Waals surface area contributed by atoms with Gasteiger partial charge in [-0.25, -0.2) is 4.79 Å². The molecule has 0 radical (unpaired) electrons. The third-order valence-corrected chi connectivity index (χ3v) is 4.56. The molecule has 2 atom stereocenters. The quantitative estimate of drug-likeness (QED) is 0.538. The summed E-state index contributed by atoms with van der Waals surface area (Å²) in [6.45, 7) is 0. The summed E-state index contributed by atoms with van der Waals surface area (Å²) in [4.78, 5) is 46.9. The minimum Gasteiger partial charge on any atom is -0.480 e. The van der Waals surface area contributed by atoms with E-state index in [0.717, 1.165) is 11.1 Å². The maximum atomic E-state index is 12.1. The first-order chi connectivity index (χ1) is 12.5. The SMILES string of the molecule is O=CCC(C(=O)O)(c1ccc(-c2ccccc2)cc1)C1NC(=O)NC1=O. The first kappa shape index (κ1) is 17.3. The monoisotopic (exact) mass is 352 g/mol. The van der Waals surface area contributed by atoms with Gasteiger partial charge in [0.05, 0.1) is 0 Å². The van der Waals surface area contributed by atoms with E-state index in [9.17, 15) is 24.3 Å². The molecule has 0 saturated carbocycles. The van der Waals surface area contributed by atoms with Crippen molar-refractivity contribution < 1.29 is 24.3 Å². The molecule has 1 fully saturated rings. The van der Waals surface area contributed by atoms with Gasteiger partial charge in [0, 0.05) is 6.42 Å². The van der Waals surface area contributed by atoms with Gasteiger partial charge in [0.15, 0.2) is 0 Å². The predicted molar refractivity (Wildman–Crippen MR) is 92.3 cm³/mol. The van der Waals surface area contributed by atoms with Crippen LogP contribution in [0.3, 0.4) is 0 Å². The number of benzene rings is 2. The van der Waals surface area contributed by atoms with Crippen molar-refractivity contribution in [2.75, 3.05) is 0 Å². The zero-order valence-electron chi connectivity index (χ0n) is 13.6. The molecule has 2 aromatic carbocycles. The third kappa shape index (κ3) is 2.83. The Hall–Kier alpha value is -3.48. The van der Waals surface area contributed by atoms with E-state index >= 15 is 0 Å². The van der Waals surface area contributed by atoms with Gasteiger partial charge < -0.3 is 15.2 Å². The van der Waals surface area contributed by atoms with Crippen molar-refractivity contribution in [1.29, 1.82) is 0 Å². The second-order valence-electron chi connectivity index (χ2n) is 5.99. The summed E-state index contributed by atoms with van der Waals surface area (Å²) in [6.07, 6.45) is -0.0115. The topological polar surface area (TPSA) is 113 Å². The summed E-state index contributed by atoms with van der Waals surface area (Å²) in [6, 6.07) is 13.9. The van der Waals surface area contributed by atoms with Gasteiger partial charge in [0.25, 0.3) is 5.91 Å². The number of aldehydes is 1. The lowest BCUT2D eigenvalue weighted by atomic mass is 9.71. The minimum absolute atomic E-state index is 0.263. The van der Waals surface area contributed by atoms with E-state index in [2.05, 4.69) is 5.32 Å². The summed E-state index contributed by atoms with van der Waals surface area (Å²) < 4.78 is 0. The zero-order chi connectivity index (χ0) is 18.7. The van der Waals surface area contributed by atoms with E-state index in [1.807, 2.05) is 35.6 Å². The molecule has 26 heavy (non-hydrogen) atoms. The maximum absolute atomic E-state index is 12.1. The minimum atomic E-state index is -1.88. The van der Waals surface area contributed by atoms with Crippen LogP contribution >= 0.6 is 0 Å². The van der Waals surface area contributed by atoms with Crippen molar-refractivity contribution in [3.63, 3.8) is 0 Å². The van der Waals surface area contributed by atoms with Gasteiger partial charge in [0.2, 0.25) is 0 Å². The Kier molecular flexibility index (Phi) is 4.53. The van der Waals surface area contributed by atoms with Gasteiger partial charge in [-0.2, -0.15) is 0 Å². The highest BCUT2D eigenvalue weighted by Crippen LogP contribution is 2.34. The maximum Gasteiger partial charge on any atom is 0.322 e. The molecule has 7 heteroatoms. The Labute approximate surface area is 149 Å². The number of nitrogens with one attached hydrogen (secondary N) is 2. The number of rotatable bonds is 6. The number of hydrogen-bond donors (Lipinski definition) is 3. The molecular weight excluding hydrogens is 336 g/mol. The molecule has 132 valence electrons. The number of urea groups is 1. The van der Waals surface area contributed by atoms with E-state index < -0.39 is 35.8 Å². The molecule has 3 N–H and O–H groups in total. The van der Waals surface area contributed by atoms with Crippen LogP contribution in [0.15, 0.2) is 54.6 Å². The number of imide groups is 1. The molecule has 3 rings (SSSR count). The van der Waals surface area contributed by atoms with E-state index in [0.29, 0.717) is 6.29 Å². The predicted octanol–water partition coefficient (Wildman–Crippen LogP) is 1.47. The van der Waals surface area contributed by atoms with Crippen molar-refractivity contribution in [3.05, 3.63) is 60.2 Å². The molecular formula is C19H16N2O5. The average Bonchev–Trinajstić information content (AvgIpc) is 2.99. The summed E-state index contributed by atoms with van der Waals surface area (Å²) in [5.74, 6) is -2.13. The number of aliphatic carboxylic acids is 1. The molecule has 1 saturated heterocycles. The molecule has 1 heterocycles. The van der Waals surface area contributed by atoms with Crippen LogP contribution in [0.5, 0.6) is 0 Å². The van der Waals surface area contributed by atoms with Crippen molar-refractivity contribution >= 4 is 24.2 Å². The molecule has 0 aliphatic carbocycles. The molecule has 1 aliphatic heterocycles.